The number of esters is 2. The number of carbonyl (C=O) groups is 2. The van der Waals surface area contributed by atoms with Gasteiger partial charge in [-0.05, 0) is 44.3 Å². The van der Waals surface area contributed by atoms with Crippen LogP contribution in [-0.4, -0.2) is 26.4 Å². The highest BCUT2D eigenvalue weighted by Crippen LogP contribution is 2.20. The van der Waals surface area contributed by atoms with Crippen LogP contribution in [0.2, 0.25) is 13.1 Å². The average Bonchev–Trinajstić information content (AvgIpc) is 2.53. The molecular weight excluding hydrogens is 248 g/mol. The van der Waals surface area contributed by atoms with Crippen molar-refractivity contribution in [1.29, 1.82) is 0 Å². The summed E-state index contributed by atoms with van der Waals surface area (Å²) in [6, 6.07) is 5.24. The number of ether oxygens (including phenoxy) is 1. The summed E-state index contributed by atoms with van der Waals surface area (Å²) >= 11 is 0. The Kier molecular flexibility index (Phi) is 3.12. The van der Waals surface area contributed by atoms with Gasteiger partial charge in [-0.3, -0.25) is 0 Å². The van der Waals surface area contributed by atoms with Gasteiger partial charge >= 0.3 is 11.9 Å². The molecule has 0 fully saturated rings. The van der Waals surface area contributed by atoms with Crippen LogP contribution < -0.4 is 5.19 Å². The minimum atomic E-state index is -2.06. The molecule has 1 aliphatic heterocycles. The van der Waals surface area contributed by atoms with E-state index >= 15 is 0 Å². The van der Waals surface area contributed by atoms with E-state index in [1.807, 2.05) is 19.9 Å². The summed E-state index contributed by atoms with van der Waals surface area (Å²) in [6.45, 7) is 8.10. The van der Waals surface area contributed by atoms with Gasteiger partial charge in [-0.15, -0.1) is 0 Å². The van der Waals surface area contributed by atoms with Gasteiger partial charge in [0.25, 0.3) is 0 Å². The molecule has 0 saturated carbocycles. The van der Waals surface area contributed by atoms with Crippen LogP contribution in [0, 0.1) is 0 Å². The molecule has 0 atom stereocenters. The van der Waals surface area contributed by atoms with Crippen molar-refractivity contribution < 1.29 is 18.8 Å². The third-order valence-corrected chi connectivity index (χ3v) is 5.63. The third-order valence-electron chi connectivity index (χ3n) is 2.87. The van der Waals surface area contributed by atoms with Crippen molar-refractivity contribution in [3.63, 3.8) is 0 Å². The van der Waals surface area contributed by atoms with E-state index in [4.69, 9.17) is 4.43 Å². The molecule has 0 aromatic heterocycles. The van der Waals surface area contributed by atoms with Crippen molar-refractivity contribution in [3.05, 3.63) is 29.3 Å². The lowest BCUT2D eigenvalue weighted by molar-refractivity contribution is 0.0444. The second-order valence-corrected chi connectivity index (χ2v) is 8.95. The van der Waals surface area contributed by atoms with E-state index in [0.29, 0.717) is 11.1 Å². The zero-order valence-electron chi connectivity index (χ0n) is 10.9. The molecule has 18 heavy (non-hydrogen) atoms. The van der Waals surface area contributed by atoms with Gasteiger partial charge in [0.15, 0.2) is 0 Å². The Labute approximate surface area is 107 Å². The van der Waals surface area contributed by atoms with Gasteiger partial charge < -0.3 is 9.16 Å². The Morgan fingerprint density at radius 1 is 1.11 bits per heavy atom. The fraction of sp³-hybridized carbons (Fsp3) is 0.385. The number of rotatable bonds is 3. The first kappa shape index (κ1) is 13.0. The molecule has 0 saturated heterocycles. The number of fused-ring (bicyclic) bond motifs is 1. The molecule has 0 N–H and O–H groups in total. The fourth-order valence-corrected chi connectivity index (χ4v) is 4.41. The predicted molar refractivity (Wildman–Crippen MR) is 69.5 cm³/mol. The molecule has 1 heterocycles. The van der Waals surface area contributed by atoms with Gasteiger partial charge in [-0.25, -0.2) is 9.59 Å². The topological polar surface area (TPSA) is 52.6 Å². The number of carbonyl (C=O) groups excluding carboxylic acids is 2. The number of benzene rings is 1. The largest absolute Gasteiger partial charge is 0.411 e. The maximum absolute atomic E-state index is 11.5. The molecule has 0 bridgehead atoms. The summed E-state index contributed by atoms with van der Waals surface area (Å²) in [7, 11) is -2.06. The molecule has 1 aromatic rings. The van der Waals surface area contributed by atoms with E-state index in [0.717, 1.165) is 5.19 Å². The van der Waals surface area contributed by atoms with E-state index in [2.05, 4.69) is 17.8 Å². The van der Waals surface area contributed by atoms with E-state index in [1.165, 1.54) is 0 Å². The van der Waals surface area contributed by atoms with Crippen LogP contribution in [0.4, 0.5) is 0 Å². The lowest BCUT2D eigenvalue weighted by Crippen LogP contribution is -2.46. The molecule has 96 valence electrons. The Hall–Kier alpha value is -1.46. The zero-order valence-corrected chi connectivity index (χ0v) is 11.9. The standard InChI is InChI=1S/C13H16O4Si/c1-8(2)17-18(3,4)9-5-6-10-11(7-9)13(15)16-12(10)14/h5-8H,1-4H3. The lowest BCUT2D eigenvalue weighted by Gasteiger charge is -2.26. The second-order valence-electron chi connectivity index (χ2n) is 5.11. The average molecular weight is 264 g/mol. The third kappa shape index (κ3) is 2.23. The maximum atomic E-state index is 11.5. The van der Waals surface area contributed by atoms with Gasteiger partial charge in [0.05, 0.1) is 11.1 Å². The molecule has 5 heteroatoms. The van der Waals surface area contributed by atoms with Crippen LogP contribution in [0.5, 0.6) is 0 Å². The molecule has 0 radical (unpaired) electrons. The van der Waals surface area contributed by atoms with E-state index in [1.54, 1.807) is 12.1 Å². The van der Waals surface area contributed by atoms with E-state index < -0.39 is 20.3 Å². The summed E-state index contributed by atoms with van der Waals surface area (Å²) in [5, 5.41) is 0.988. The van der Waals surface area contributed by atoms with Crippen molar-refractivity contribution >= 4 is 25.4 Å². The van der Waals surface area contributed by atoms with Gasteiger partial charge in [-0.2, -0.15) is 0 Å². The van der Waals surface area contributed by atoms with Crippen LogP contribution in [0.3, 0.4) is 0 Å². The van der Waals surface area contributed by atoms with E-state index in [-0.39, 0.29) is 6.10 Å². The highest BCUT2D eigenvalue weighted by Gasteiger charge is 2.33. The van der Waals surface area contributed by atoms with Crippen molar-refractivity contribution in [3.8, 4) is 0 Å². The Bertz CT molecular complexity index is 520. The van der Waals surface area contributed by atoms with Crippen molar-refractivity contribution in [2.45, 2.75) is 33.0 Å². The summed E-state index contributed by atoms with van der Waals surface area (Å²) < 4.78 is 10.5. The molecule has 0 spiro atoms. The van der Waals surface area contributed by atoms with Gasteiger partial charge in [-0.1, -0.05) is 6.07 Å². The highest BCUT2D eigenvalue weighted by atomic mass is 28.4. The molecule has 2 rings (SSSR count). The van der Waals surface area contributed by atoms with Crippen LogP contribution in [0.15, 0.2) is 18.2 Å². The Morgan fingerprint density at radius 2 is 1.72 bits per heavy atom. The molecule has 0 aliphatic carbocycles. The Morgan fingerprint density at radius 3 is 2.33 bits per heavy atom. The first-order chi connectivity index (χ1) is 8.31. The quantitative estimate of drug-likeness (QED) is 0.475. The zero-order chi connectivity index (χ0) is 13.5. The minimum Gasteiger partial charge on any atom is -0.411 e. The SMILES string of the molecule is CC(C)O[Si](C)(C)c1ccc2c(c1)C(=O)OC2=O. The first-order valence-corrected chi connectivity index (χ1v) is 8.81. The van der Waals surface area contributed by atoms with Crippen molar-refractivity contribution in [1.82, 2.24) is 0 Å². The smallest absolute Gasteiger partial charge is 0.346 e. The predicted octanol–water partition coefficient (Wildman–Crippen LogP) is 1.83. The summed E-state index contributed by atoms with van der Waals surface area (Å²) in [5.74, 6) is -1.13. The second kappa shape index (κ2) is 4.33. The van der Waals surface area contributed by atoms with Crippen molar-refractivity contribution in [2.24, 2.45) is 0 Å². The number of hydrogen-bond donors (Lipinski definition) is 0. The molecule has 1 aliphatic rings. The van der Waals surface area contributed by atoms with Crippen LogP contribution >= 0.6 is 0 Å². The van der Waals surface area contributed by atoms with Gasteiger partial charge in [0.2, 0.25) is 8.32 Å². The van der Waals surface area contributed by atoms with Crippen molar-refractivity contribution in [2.75, 3.05) is 0 Å². The van der Waals surface area contributed by atoms with Crippen LogP contribution in [0.1, 0.15) is 34.6 Å². The summed E-state index contributed by atoms with van der Waals surface area (Å²) in [6.07, 6.45) is 0.133. The normalized spacial score (nSPS) is 14.9. The number of cyclic esters (lactones) is 2. The molecular formula is C13H16O4Si. The maximum Gasteiger partial charge on any atom is 0.346 e. The lowest BCUT2D eigenvalue weighted by atomic mass is 10.1. The van der Waals surface area contributed by atoms with Crippen LogP contribution in [-0.2, 0) is 9.16 Å². The molecule has 4 nitrogen and oxygen atoms in total. The molecule has 1 aromatic carbocycles. The molecule has 0 amide bonds. The fourth-order valence-electron chi connectivity index (χ4n) is 2.12. The van der Waals surface area contributed by atoms with E-state index in [9.17, 15) is 9.59 Å². The minimum absolute atomic E-state index is 0.133. The monoisotopic (exact) mass is 264 g/mol. The molecule has 0 unspecified atom stereocenters. The summed E-state index contributed by atoms with van der Waals surface area (Å²) in [4.78, 5) is 22.9. The summed E-state index contributed by atoms with van der Waals surface area (Å²) in [5.41, 5.74) is 0.698. The van der Waals surface area contributed by atoms with Gasteiger partial charge in [0, 0.05) is 6.10 Å². The highest BCUT2D eigenvalue weighted by molar-refractivity contribution is 6.84. The first-order valence-electron chi connectivity index (χ1n) is 5.90. The Balaban J connectivity index is 2.41. The van der Waals surface area contributed by atoms with Crippen LogP contribution in [0.25, 0.3) is 0 Å². The van der Waals surface area contributed by atoms with Gasteiger partial charge in [0.1, 0.15) is 0 Å². The number of hydrogen-bond acceptors (Lipinski definition) is 4.